The van der Waals surface area contributed by atoms with Crippen molar-refractivity contribution >= 4 is 33.3 Å². The summed E-state index contributed by atoms with van der Waals surface area (Å²) in [6, 6.07) is 7.55. The molecule has 1 atom stereocenters. The van der Waals surface area contributed by atoms with Gasteiger partial charge in [0.1, 0.15) is 6.04 Å². The van der Waals surface area contributed by atoms with Crippen LogP contribution in [0.4, 0.5) is 5.13 Å². The van der Waals surface area contributed by atoms with Crippen molar-refractivity contribution in [1.82, 2.24) is 14.8 Å². The number of benzene rings is 1. The van der Waals surface area contributed by atoms with Gasteiger partial charge in [0, 0.05) is 23.2 Å². The molecule has 0 aliphatic heterocycles. The van der Waals surface area contributed by atoms with Gasteiger partial charge in [-0.3, -0.25) is 9.48 Å². The van der Waals surface area contributed by atoms with E-state index in [0.29, 0.717) is 11.0 Å². The third kappa shape index (κ3) is 3.17. The van der Waals surface area contributed by atoms with Crippen molar-refractivity contribution in [3.05, 3.63) is 42.0 Å². The highest BCUT2D eigenvalue weighted by molar-refractivity contribution is 7.13. The quantitative estimate of drug-likeness (QED) is 0.781. The number of rotatable bonds is 5. The van der Waals surface area contributed by atoms with Crippen molar-refractivity contribution in [2.45, 2.75) is 26.3 Å². The third-order valence-electron chi connectivity index (χ3n) is 3.41. The number of amides is 1. The lowest BCUT2D eigenvalue weighted by atomic mass is 10.0. The number of nitrogens with zero attached hydrogens (tertiary/aromatic N) is 3. The zero-order valence-corrected chi connectivity index (χ0v) is 13.4. The normalized spacial score (nSPS) is 12.7. The van der Waals surface area contributed by atoms with Crippen LogP contribution in [0.1, 0.15) is 26.3 Å². The van der Waals surface area contributed by atoms with Crippen molar-refractivity contribution in [1.29, 1.82) is 0 Å². The monoisotopic (exact) mass is 314 g/mol. The molecule has 0 saturated heterocycles. The van der Waals surface area contributed by atoms with Gasteiger partial charge in [-0.15, -0.1) is 11.3 Å². The molecule has 1 N–H and O–H groups in total. The molecule has 3 aromatic rings. The van der Waals surface area contributed by atoms with Gasteiger partial charge in [-0.05, 0) is 18.4 Å². The predicted molar refractivity (Wildman–Crippen MR) is 89.0 cm³/mol. The summed E-state index contributed by atoms with van der Waals surface area (Å²) in [6.45, 7) is 4.21. The van der Waals surface area contributed by atoms with Crippen molar-refractivity contribution in [2.24, 2.45) is 5.92 Å². The van der Waals surface area contributed by atoms with Gasteiger partial charge >= 0.3 is 0 Å². The van der Waals surface area contributed by atoms with Crippen LogP contribution in [-0.2, 0) is 4.79 Å². The number of thiazole rings is 1. The first-order chi connectivity index (χ1) is 10.6. The van der Waals surface area contributed by atoms with Gasteiger partial charge in [0.2, 0.25) is 0 Å². The first-order valence-corrected chi connectivity index (χ1v) is 8.15. The predicted octanol–water partition coefficient (Wildman–Crippen LogP) is 3.72. The Morgan fingerprint density at radius 3 is 2.86 bits per heavy atom. The van der Waals surface area contributed by atoms with Gasteiger partial charge < -0.3 is 5.32 Å². The zero-order chi connectivity index (χ0) is 15.5. The lowest BCUT2D eigenvalue weighted by molar-refractivity contribution is -0.120. The molecule has 1 aromatic carbocycles. The molecule has 1 unspecified atom stereocenters. The van der Waals surface area contributed by atoms with Crippen LogP contribution in [0.2, 0.25) is 0 Å². The highest BCUT2D eigenvalue weighted by Gasteiger charge is 2.23. The minimum absolute atomic E-state index is 0.0727. The van der Waals surface area contributed by atoms with E-state index >= 15 is 0 Å². The molecule has 22 heavy (non-hydrogen) atoms. The minimum Gasteiger partial charge on any atom is -0.300 e. The molecule has 0 aliphatic rings. The van der Waals surface area contributed by atoms with Crippen LogP contribution in [0.5, 0.6) is 0 Å². The number of fused-ring (bicyclic) bond motifs is 1. The summed E-state index contributed by atoms with van der Waals surface area (Å²) in [4.78, 5) is 16.7. The summed E-state index contributed by atoms with van der Waals surface area (Å²) < 4.78 is 1.77. The average Bonchev–Trinajstić information content (AvgIpc) is 3.12. The van der Waals surface area contributed by atoms with Crippen molar-refractivity contribution < 1.29 is 4.79 Å². The van der Waals surface area contributed by atoms with Gasteiger partial charge in [0.15, 0.2) is 5.13 Å². The fourth-order valence-electron chi connectivity index (χ4n) is 2.40. The smallest absolute Gasteiger partial charge is 0.251 e. The minimum atomic E-state index is -0.337. The molecule has 2 heterocycles. The number of carbonyl (C=O) groups excluding carboxylic acids is 1. The Balaban J connectivity index is 1.89. The number of aromatic nitrogens is 3. The summed E-state index contributed by atoms with van der Waals surface area (Å²) in [7, 11) is 0. The first kappa shape index (κ1) is 14.7. The standard InChI is InChI=1S/C16H18N4OS/c1-11(2)9-14(15(21)18-16-17-7-8-22-16)20-10-12-5-3-4-6-13(12)19-20/h3-8,10-11,14H,9H2,1-2H3,(H,17,18,21). The molecule has 0 spiro atoms. The van der Waals surface area contributed by atoms with Crippen LogP contribution in [0.3, 0.4) is 0 Å². The van der Waals surface area contributed by atoms with E-state index in [4.69, 9.17) is 0 Å². The fraction of sp³-hybridized carbons (Fsp3) is 0.312. The topological polar surface area (TPSA) is 59.8 Å². The van der Waals surface area contributed by atoms with Crippen molar-refractivity contribution in [3.8, 4) is 0 Å². The second-order valence-electron chi connectivity index (χ2n) is 5.64. The maximum Gasteiger partial charge on any atom is 0.251 e. The van der Waals surface area contributed by atoms with E-state index in [1.807, 2.05) is 35.8 Å². The van der Waals surface area contributed by atoms with Gasteiger partial charge in [-0.25, -0.2) is 4.98 Å². The van der Waals surface area contributed by atoms with E-state index in [9.17, 15) is 4.79 Å². The summed E-state index contributed by atoms with van der Waals surface area (Å²) >= 11 is 1.42. The van der Waals surface area contributed by atoms with Gasteiger partial charge in [0.25, 0.3) is 5.91 Å². The highest BCUT2D eigenvalue weighted by Crippen LogP contribution is 2.23. The largest absolute Gasteiger partial charge is 0.300 e. The summed E-state index contributed by atoms with van der Waals surface area (Å²) in [5.74, 6) is 0.316. The highest BCUT2D eigenvalue weighted by atomic mass is 32.1. The van der Waals surface area contributed by atoms with Crippen molar-refractivity contribution in [2.75, 3.05) is 5.32 Å². The second-order valence-corrected chi connectivity index (χ2v) is 6.53. The SMILES string of the molecule is CC(C)CC(C(=O)Nc1nccs1)n1cc2ccccc2n1. The molecule has 114 valence electrons. The Kier molecular flexibility index (Phi) is 4.20. The maximum atomic E-state index is 12.6. The Labute approximate surface area is 133 Å². The average molecular weight is 314 g/mol. The third-order valence-corrected chi connectivity index (χ3v) is 4.10. The zero-order valence-electron chi connectivity index (χ0n) is 12.6. The Hall–Kier alpha value is -2.21. The van der Waals surface area contributed by atoms with Gasteiger partial charge in [-0.2, -0.15) is 5.10 Å². The van der Waals surface area contributed by atoms with E-state index in [2.05, 4.69) is 29.2 Å². The van der Waals surface area contributed by atoms with E-state index in [0.717, 1.165) is 17.3 Å². The molecular formula is C16H18N4OS. The van der Waals surface area contributed by atoms with E-state index in [1.165, 1.54) is 11.3 Å². The fourth-order valence-corrected chi connectivity index (χ4v) is 2.93. The van der Waals surface area contributed by atoms with Crippen LogP contribution < -0.4 is 5.32 Å². The Morgan fingerprint density at radius 2 is 2.18 bits per heavy atom. The van der Waals surface area contributed by atoms with Gasteiger partial charge in [-0.1, -0.05) is 32.0 Å². The number of carbonyl (C=O) groups is 1. The molecule has 0 aliphatic carbocycles. The molecule has 0 radical (unpaired) electrons. The Morgan fingerprint density at radius 1 is 1.36 bits per heavy atom. The lowest BCUT2D eigenvalue weighted by Gasteiger charge is -2.18. The van der Waals surface area contributed by atoms with Crippen LogP contribution in [0.25, 0.3) is 10.9 Å². The number of hydrogen-bond acceptors (Lipinski definition) is 4. The molecule has 0 bridgehead atoms. The molecule has 3 rings (SSSR count). The molecule has 1 amide bonds. The van der Waals surface area contributed by atoms with E-state index < -0.39 is 0 Å². The van der Waals surface area contributed by atoms with Crippen LogP contribution in [-0.4, -0.2) is 20.7 Å². The summed E-state index contributed by atoms with van der Waals surface area (Å²) in [5, 5.41) is 10.9. The lowest BCUT2D eigenvalue weighted by Crippen LogP contribution is -2.27. The number of anilines is 1. The first-order valence-electron chi connectivity index (χ1n) is 7.27. The molecule has 0 fully saturated rings. The Bertz CT molecular complexity index is 730. The summed E-state index contributed by atoms with van der Waals surface area (Å²) in [6.07, 6.45) is 4.34. The summed E-state index contributed by atoms with van der Waals surface area (Å²) in [5.41, 5.74) is 0.901. The van der Waals surface area contributed by atoms with Crippen molar-refractivity contribution in [3.63, 3.8) is 0 Å². The van der Waals surface area contributed by atoms with Crippen LogP contribution in [0.15, 0.2) is 42.0 Å². The van der Waals surface area contributed by atoms with Crippen LogP contribution >= 0.6 is 11.3 Å². The second kappa shape index (κ2) is 6.27. The molecular weight excluding hydrogens is 296 g/mol. The maximum absolute atomic E-state index is 12.6. The number of hydrogen-bond donors (Lipinski definition) is 1. The number of nitrogens with one attached hydrogen (secondary N) is 1. The van der Waals surface area contributed by atoms with E-state index in [-0.39, 0.29) is 11.9 Å². The molecule has 6 heteroatoms. The van der Waals surface area contributed by atoms with E-state index in [1.54, 1.807) is 10.9 Å². The molecule has 2 aromatic heterocycles. The molecule has 5 nitrogen and oxygen atoms in total. The van der Waals surface area contributed by atoms with Crippen LogP contribution in [0, 0.1) is 5.92 Å². The molecule has 0 saturated carbocycles. The van der Waals surface area contributed by atoms with Gasteiger partial charge in [0.05, 0.1) is 5.52 Å².